The molecule has 4 N–H and O–H groups in total. The number of aryl methyl sites for hydroxylation is 1. The summed E-state index contributed by atoms with van der Waals surface area (Å²) in [6.07, 6.45) is -4.38. The molecular formula is C10H14F2N2O. The fourth-order valence-electron chi connectivity index (χ4n) is 1.19. The average molecular weight is 216 g/mol. The lowest BCUT2D eigenvalue weighted by atomic mass is 10.2. The molecule has 1 atom stereocenters. The predicted molar refractivity (Wildman–Crippen MR) is 56.1 cm³/mol. The van der Waals surface area contributed by atoms with E-state index in [1.165, 1.54) is 0 Å². The van der Waals surface area contributed by atoms with Crippen LogP contribution in [0.5, 0.6) is 0 Å². The van der Waals surface area contributed by atoms with Crippen LogP contribution in [0.2, 0.25) is 0 Å². The van der Waals surface area contributed by atoms with E-state index in [1.54, 1.807) is 18.2 Å². The van der Waals surface area contributed by atoms with E-state index in [9.17, 15) is 8.78 Å². The Labute approximate surface area is 86.9 Å². The topological polar surface area (TPSA) is 58.3 Å². The van der Waals surface area contributed by atoms with Crippen molar-refractivity contribution < 1.29 is 13.9 Å². The Hall–Kier alpha value is -1.36. The summed E-state index contributed by atoms with van der Waals surface area (Å²) in [7, 11) is 0. The summed E-state index contributed by atoms with van der Waals surface area (Å²) in [5.41, 5.74) is 7.71. The standard InChI is InChI=1S/C10H14F2N2O/c1-6-4-7(13)2-3-8(6)14-5-9(15)10(11)12/h2-4,9-10,14-15H,5,13H2,1H3. The lowest BCUT2D eigenvalue weighted by Crippen LogP contribution is -2.26. The number of hydrogen-bond donors (Lipinski definition) is 3. The summed E-state index contributed by atoms with van der Waals surface area (Å²) in [5.74, 6) is 0. The van der Waals surface area contributed by atoms with Gasteiger partial charge in [-0.2, -0.15) is 0 Å². The molecule has 1 rings (SSSR count). The number of alkyl halides is 2. The number of anilines is 2. The number of nitrogens with one attached hydrogen (secondary N) is 1. The molecule has 0 aliphatic rings. The second-order valence-corrected chi connectivity index (χ2v) is 3.36. The number of aliphatic hydroxyl groups excluding tert-OH is 1. The van der Waals surface area contributed by atoms with Gasteiger partial charge in [-0.3, -0.25) is 0 Å². The summed E-state index contributed by atoms with van der Waals surface area (Å²) in [5, 5.41) is 11.6. The van der Waals surface area contributed by atoms with Crippen LogP contribution >= 0.6 is 0 Å². The lowest BCUT2D eigenvalue weighted by Gasteiger charge is -2.13. The number of hydrogen-bond acceptors (Lipinski definition) is 3. The third-order valence-electron chi connectivity index (χ3n) is 2.04. The monoisotopic (exact) mass is 216 g/mol. The van der Waals surface area contributed by atoms with Crippen LogP contribution in [-0.4, -0.2) is 24.2 Å². The highest BCUT2D eigenvalue weighted by Gasteiger charge is 2.16. The van der Waals surface area contributed by atoms with Gasteiger partial charge in [-0.25, -0.2) is 8.78 Å². The van der Waals surface area contributed by atoms with Gasteiger partial charge in [0.05, 0.1) is 0 Å². The normalized spacial score (nSPS) is 12.9. The van der Waals surface area contributed by atoms with Crippen molar-refractivity contribution in [3.8, 4) is 0 Å². The maximum Gasteiger partial charge on any atom is 0.265 e. The second-order valence-electron chi connectivity index (χ2n) is 3.36. The first-order valence-corrected chi connectivity index (χ1v) is 4.57. The molecule has 0 radical (unpaired) electrons. The smallest absolute Gasteiger partial charge is 0.265 e. The van der Waals surface area contributed by atoms with Crippen LogP contribution in [0.3, 0.4) is 0 Å². The Bertz CT molecular complexity index is 331. The molecule has 1 unspecified atom stereocenters. The molecule has 0 saturated heterocycles. The van der Waals surface area contributed by atoms with Crippen molar-refractivity contribution in [3.63, 3.8) is 0 Å². The highest BCUT2D eigenvalue weighted by Crippen LogP contribution is 2.17. The Balaban J connectivity index is 2.58. The SMILES string of the molecule is Cc1cc(N)ccc1NCC(O)C(F)F. The summed E-state index contributed by atoms with van der Waals surface area (Å²) in [4.78, 5) is 0. The summed E-state index contributed by atoms with van der Waals surface area (Å²) in [6, 6.07) is 5.10. The molecular weight excluding hydrogens is 202 g/mol. The lowest BCUT2D eigenvalue weighted by molar-refractivity contribution is 0.00384. The highest BCUT2D eigenvalue weighted by atomic mass is 19.3. The van der Waals surface area contributed by atoms with Gasteiger partial charge in [0.2, 0.25) is 0 Å². The molecule has 0 heterocycles. The third-order valence-corrected chi connectivity index (χ3v) is 2.04. The van der Waals surface area contributed by atoms with E-state index in [4.69, 9.17) is 10.8 Å². The van der Waals surface area contributed by atoms with Gasteiger partial charge in [-0.15, -0.1) is 0 Å². The molecule has 1 aromatic rings. The first-order chi connectivity index (χ1) is 7.00. The van der Waals surface area contributed by atoms with E-state index in [0.29, 0.717) is 11.4 Å². The molecule has 3 nitrogen and oxygen atoms in total. The third kappa shape index (κ3) is 3.36. The summed E-state index contributed by atoms with van der Waals surface area (Å²) < 4.78 is 24.0. The van der Waals surface area contributed by atoms with E-state index in [2.05, 4.69) is 5.32 Å². The van der Waals surface area contributed by atoms with Crippen molar-refractivity contribution in [1.82, 2.24) is 0 Å². The van der Waals surface area contributed by atoms with Gasteiger partial charge in [-0.05, 0) is 30.7 Å². The van der Waals surface area contributed by atoms with Crippen molar-refractivity contribution >= 4 is 11.4 Å². The Morgan fingerprint density at radius 3 is 2.67 bits per heavy atom. The number of halogens is 2. The van der Waals surface area contributed by atoms with E-state index >= 15 is 0 Å². The Morgan fingerprint density at radius 1 is 1.47 bits per heavy atom. The van der Waals surface area contributed by atoms with E-state index < -0.39 is 12.5 Å². The van der Waals surface area contributed by atoms with E-state index in [-0.39, 0.29) is 6.54 Å². The number of rotatable bonds is 4. The van der Waals surface area contributed by atoms with Crippen LogP contribution in [0.25, 0.3) is 0 Å². The van der Waals surface area contributed by atoms with Gasteiger partial charge < -0.3 is 16.2 Å². The molecule has 0 aliphatic heterocycles. The van der Waals surface area contributed by atoms with Crippen molar-refractivity contribution in [3.05, 3.63) is 23.8 Å². The molecule has 0 bridgehead atoms. The second kappa shape index (κ2) is 4.93. The van der Waals surface area contributed by atoms with Crippen molar-refractivity contribution in [2.24, 2.45) is 0 Å². The largest absolute Gasteiger partial charge is 0.399 e. The minimum atomic E-state index is -2.73. The van der Waals surface area contributed by atoms with Crippen molar-refractivity contribution in [2.75, 3.05) is 17.6 Å². The molecule has 0 saturated carbocycles. The molecule has 0 aliphatic carbocycles. The number of nitrogens with two attached hydrogens (primary N) is 1. The van der Waals surface area contributed by atoms with E-state index in [0.717, 1.165) is 5.56 Å². The van der Waals surface area contributed by atoms with Crippen LogP contribution in [0, 0.1) is 6.92 Å². The average Bonchev–Trinajstić information content (AvgIpc) is 2.15. The molecule has 15 heavy (non-hydrogen) atoms. The first-order valence-electron chi connectivity index (χ1n) is 4.57. The summed E-state index contributed by atoms with van der Waals surface area (Å²) in [6.45, 7) is 1.63. The summed E-state index contributed by atoms with van der Waals surface area (Å²) >= 11 is 0. The molecule has 84 valence electrons. The van der Waals surface area contributed by atoms with Gasteiger partial charge in [0.1, 0.15) is 6.10 Å². The predicted octanol–water partition coefficient (Wildman–Crippen LogP) is 1.62. The van der Waals surface area contributed by atoms with Crippen LogP contribution in [0.15, 0.2) is 18.2 Å². The Kier molecular flexibility index (Phi) is 3.85. The van der Waals surface area contributed by atoms with Crippen LogP contribution in [0.1, 0.15) is 5.56 Å². The highest BCUT2D eigenvalue weighted by molar-refractivity contribution is 5.57. The first kappa shape index (κ1) is 11.7. The fraction of sp³-hybridized carbons (Fsp3) is 0.400. The number of nitrogen functional groups attached to an aromatic ring is 1. The zero-order chi connectivity index (χ0) is 11.4. The fourth-order valence-corrected chi connectivity index (χ4v) is 1.19. The molecule has 5 heteroatoms. The van der Waals surface area contributed by atoms with Gasteiger partial charge in [0, 0.05) is 17.9 Å². The van der Waals surface area contributed by atoms with Gasteiger partial charge in [-0.1, -0.05) is 0 Å². The molecule has 0 spiro atoms. The number of benzene rings is 1. The van der Waals surface area contributed by atoms with Gasteiger partial charge in [0.25, 0.3) is 6.43 Å². The molecule has 1 aromatic carbocycles. The maximum atomic E-state index is 12.0. The van der Waals surface area contributed by atoms with E-state index in [1.807, 2.05) is 6.92 Å². The minimum Gasteiger partial charge on any atom is -0.399 e. The van der Waals surface area contributed by atoms with Crippen molar-refractivity contribution in [2.45, 2.75) is 19.5 Å². The van der Waals surface area contributed by atoms with Gasteiger partial charge >= 0.3 is 0 Å². The van der Waals surface area contributed by atoms with Crippen molar-refractivity contribution in [1.29, 1.82) is 0 Å². The molecule has 0 amide bonds. The quantitative estimate of drug-likeness (QED) is 0.670. The van der Waals surface area contributed by atoms with Gasteiger partial charge in [0.15, 0.2) is 0 Å². The zero-order valence-electron chi connectivity index (χ0n) is 8.37. The zero-order valence-corrected chi connectivity index (χ0v) is 8.37. The minimum absolute atomic E-state index is 0.178. The molecule has 0 fully saturated rings. The van der Waals surface area contributed by atoms with Crippen LogP contribution in [-0.2, 0) is 0 Å². The molecule has 0 aromatic heterocycles. The Morgan fingerprint density at radius 2 is 2.13 bits per heavy atom. The maximum absolute atomic E-state index is 12.0. The number of aliphatic hydroxyl groups is 1. The van der Waals surface area contributed by atoms with Crippen LogP contribution < -0.4 is 11.1 Å². The van der Waals surface area contributed by atoms with Crippen LogP contribution in [0.4, 0.5) is 20.2 Å².